The molecule has 2 nitrogen and oxygen atoms in total. The summed E-state index contributed by atoms with van der Waals surface area (Å²) in [6.07, 6.45) is 4.12. The summed E-state index contributed by atoms with van der Waals surface area (Å²) in [5.74, 6) is 0.364. The van der Waals surface area contributed by atoms with Crippen LogP contribution in [0.1, 0.15) is 40.0 Å². The highest BCUT2D eigenvalue weighted by Crippen LogP contribution is 2.45. The maximum Gasteiger partial charge on any atom is 0.171 e. The third-order valence-electron chi connectivity index (χ3n) is 3.35. The van der Waals surface area contributed by atoms with Gasteiger partial charge < -0.3 is 9.47 Å². The van der Waals surface area contributed by atoms with E-state index in [0.29, 0.717) is 5.92 Å². The Balaban J connectivity index is 2.13. The van der Waals surface area contributed by atoms with Crippen LogP contribution in [0.25, 0.3) is 0 Å². The van der Waals surface area contributed by atoms with Gasteiger partial charge in [0.05, 0.1) is 12.2 Å². The molecule has 2 rings (SSSR count). The molecule has 12 heavy (non-hydrogen) atoms. The van der Waals surface area contributed by atoms with Crippen LogP contribution in [-0.4, -0.2) is 18.0 Å². The van der Waals surface area contributed by atoms with Crippen LogP contribution < -0.4 is 0 Å². The van der Waals surface area contributed by atoms with Gasteiger partial charge >= 0.3 is 0 Å². The quantitative estimate of drug-likeness (QED) is 0.555. The Labute approximate surface area is 74.2 Å². The molecule has 1 aliphatic carbocycles. The van der Waals surface area contributed by atoms with Gasteiger partial charge in [-0.15, -0.1) is 0 Å². The molecule has 1 saturated heterocycles. The summed E-state index contributed by atoms with van der Waals surface area (Å²) in [6, 6.07) is 0. The summed E-state index contributed by atoms with van der Waals surface area (Å²) in [5, 5.41) is 0. The lowest BCUT2D eigenvalue weighted by atomic mass is 10.1. The molecule has 1 aliphatic heterocycles. The van der Waals surface area contributed by atoms with E-state index in [1.807, 2.05) is 0 Å². The van der Waals surface area contributed by atoms with E-state index < -0.39 is 0 Å². The van der Waals surface area contributed by atoms with Crippen LogP contribution in [0.5, 0.6) is 0 Å². The fourth-order valence-electron chi connectivity index (χ4n) is 2.32. The molecule has 1 heterocycles. The van der Waals surface area contributed by atoms with Gasteiger partial charge in [0.15, 0.2) is 5.79 Å². The molecular formula is C10H18O2. The molecule has 1 spiro atoms. The van der Waals surface area contributed by atoms with Gasteiger partial charge in [-0.25, -0.2) is 0 Å². The molecule has 3 atom stereocenters. The van der Waals surface area contributed by atoms with E-state index in [2.05, 4.69) is 20.8 Å². The number of hydrogen-bond acceptors (Lipinski definition) is 2. The highest BCUT2D eigenvalue weighted by Gasteiger charge is 2.50. The monoisotopic (exact) mass is 170 g/mol. The fraction of sp³-hybridized carbons (Fsp3) is 1.00. The standard InChI is InChI=1S/C10H18O2/c1-7-5-4-6-10(7)11-8(2)9(3)12-10/h7-9H,4-6H2,1-3H3. The average molecular weight is 170 g/mol. The van der Waals surface area contributed by atoms with Crippen LogP contribution in [0.15, 0.2) is 0 Å². The van der Waals surface area contributed by atoms with Gasteiger partial charge in [-0.1, -0.05) is 6.92 Å². The number of rotatable bonds is 0. The highest BCUT2D eigenvalue weighted by atomic mass is 16.8. The second-order valence-corrected chi connectivity index (χ2v) is 4.25. The van der Waals surface area contributed by atoms with Crippen LogP contribution >= 0.6 is 0 Å². The van der Waals surface area contributed by atoms with Crippen molar-refractivity contribution in [3.63, 3.8) is 0 Å². The number of ether oxygens (including phenoxy) is 2. The molecule has 0 aromatic rings. The SMILES string of the molecule is CC1OC2(CCCC2C)OC1C. The molecule has 0 bridgehead atoms. The zero-order chi connectivity index (χ0) is 8.77. The molecule has 0 radical (unpaired) electrons. The third-order valence-corrected chi connectivity index (χ3v) is 3.35. The second-order valence-electron chi connectivity index (χ2n) is 4.25. The largest absolute Gasteiger partial charge is 0.344 e. The molecule has 70 valence electrons. The van der Waals surface area contributed by atoms with Crippen molar-refractivity contribution < 1.29 is 9.47 Å². The van der Waals surface area contributed by atoms with E-state index in [-0.39, 0.29) is 18.0 Å². The Bertz CT molecular complexity index is 169. The van der Waals surface area contributed by atoms with Crippen molar-refractivity contribution in [1.29, 1.82) is 0 Å². The van der Waals surface area contributed by atoms with Gasteiger partial charge in [-0.2, -0.15) is 0 Å². The molecule has 0 amide bonds. The Morgan fingerprint density at radius 3 is 2.08 bits per heavy atom. The maximum atomic E-state index is 5.91. The minimum atomic E-state index is -0.209. The predicted octanol–water partition coefficient (Wildman–Crippen LogP) is 2.33. The van der Waals surface area contributed by atoms with E-state index >= 15 is 0 Å². The fourth-order valence-corrected chi connectivity index (χ4v) is 2.32. The number of hydrogen-bond donors (Lipinski definition) is 0. The minimum Gasteiger partial charge on any atom is -0.344 e. The molecular weight excluding hydrogens is 152 g/mol. The predicted molar refractivity (Wildman–Crippen MR) is 46.8 cm³/mol. The van der Waals surface area contributed by atoms with Gasteiger partial charge in [0, 0.05) is 12.3 Å². The molecule has 1 saturated carbocycles. The summed E-state index contributed by atoms with van der Waals surface area (Å²) >= 11 is 0. The zero-order valence-electron chi connectivity index (χ0n) is 8.17. The Kier molecular flexibility index (Phi) is 1.92. The Morgan fingerprint density at radius 1 is 1.08 bits per heavy atom. The van der Waals surface area contributed by atoms with Gasteiger partial charge in [0.1, 0.15) is 0 Å². The Morgan fingerprint density at radius 2 is 1.67 bits per heavy atom. The highest BCUT2D eigenvalue weighted by molar-refractivity contribution is 4.90. The van der Waals surface area contributed by atoms with Crippen molar-refractivity contribution in [1.82, 2.24) is 0 Å². The summed E-state index contributed by atoms with van der Waals surface area (Å²) in [7, 11) is 0. The molecule has 0 aromatic heterocycles. The van der Waals surface area contributed by atoms with E-state index in [1.54, 1.807) is 0 Å². The Hall–Kier alpha value is -0.0800. The molecule has 2 aliphatic rings. The molecule has 0 aromatic carbocycles. The molecule has 2 heteroatoms. The van der Waals surface area contributed by atoms with E-state index in [0.717, 1.165) is 6.42 Å². The van der Waals surface area contributed by atoms with Crippen molar-refractivity contribution in [2.45, 2.75) is 58.0 Å². The smallest absolute Gasteiger partial charge is 0.171 e. The first-order chi connectivity index (χ1) is 5.64. The third kappa shape index (κ3) is 1.09. The van der Waals surface area contributed by atoms with Crippen molar-refractivity contribution in [3.8, 4) is 0 Å². The normalized spacial score (nSPS) is 53.8. The van der Waals surface area contributed by atoms with Crippen molar-refractivity contribution in [2.75, 3.05) is 0 Å². The van der Waals surface area contributed by atoms with Crippen molar-refractivity contribution >= 4 is 0 Å². The topological polar surface area (TPSA) is 18.5 Å². The van der Waals surface area contributed by atoms with Gasteiger partial charge in [-0.05, 0) is 26.7 Å². The van der Waals surface area contributed by atoms with Crippen LogP contribution in [-0.2, 0) is 9.47 Å². The van der Waals surface area contributed by atoms with E-state index in [4.69, 9.17) is 9.47 Å². The van der Waals surface area contributed by atoms with Crippen LogP contribution in [0.2, 0.25) is 0 Å². The van der Waals surface area contributed by atoms with Crippen molar-refractivity contribution in [2.24, 2.45) is 5.92 Å². The van der Waals surface area contributed by atoms with Crippen LogP contribution in [0.3, 0.4) is 0 Å². The van der Waals surface area contributed by atoms with Crippen LogP contribution in [0, 0.1) is 5.92 Å². The first-order valence-corrected chi connectivity index (χ1v) is 5.00. The van der Waals surface area contributed by atoms with Crippen LogP contribution in [0.4, 0.5) is 0 Å². The lowest BCUT2D eigenvalue weighted by molar-refractivity contribution is -0.192. The lowest BCUT2D eigenvalue weighted by Gasteiger charge is -2.27. The zero-order valence-corrected chi connectivity index (χ0v) is 8.17. The minimum absolute atomic E-state index is 0.209. The summed E-state index contributed by atoms with van der Waals surface area (Å²) in [4.78, 5) is 0. The first kappa shape index (κ1) is 8.52. The van der Waals surface area contributed by atoms with E-state index in [1.165, 1.54) is 12.8 Å². The van der Waals surface area contributed by atoms with Gasteiger partial charge in [-0.3, -0.25) is 0 Å². The molecule has 2 fully saturated rings. The summed E-state index contributed by atoms with van der Waals surface area (Å²) < 4.78 is 11.8. The summed E-state index contributed by atoms with van der Waals surface area (Å²) in [5.41, 5.74) is 0. The maximum absolute atomic E-state index is 5.91. The van der Waals surface area contributed by atoms with Gasteiger partial charge in [0.2, 0.25) is 0 Å². The van der Waals surface area contributed by atoms with Gasteiger partial charge in [0.25, 0.3) is 0 Å². The lowest BCUT2D eigenvalue weighted by Crippen LogP contribution is -2.33. The van der Waals surface area contributed by atoms with Crippen molar-refractivity contribution in [3.05, 3.63) is 0 Å². The summed E-state index contributed by atoms with van der Waals surface area (Å²) in [6.45, 7) is 6.44. The van der Waals surface area contributed by atoms with E-state index in [9.17, 15) is 0 Å². The average Bonchev–Trinajstić information content (AvgIpc) is 2.45. The first-order valence-electron chi connectivity index (χ1n) is 5.00. The second kappa shape index (κ2) is 2.71. The molecule has 0 N–H and O–H groups in total. The molecule has 3 unspecified atom stereocenters.